The topological polar surface area (TPSA) is 50.1 Å². The van der Waals surface area contributed by atoms with Crippen LogP contribution in [0, 0.1) is 11.3 Å². The minimum Gasteiger partial charge on any atom is -0.496 e. The zero-order chi connectivity index (χ0) is 15.4. The van der Waals surface area contributed by atoms with E-state index in [0.717, 1.165) is 8.95 Å². The van der Waals surface area contributed by atoms with E-state index >= 15 is 0 Å². The third-order valence-electron chi connectivity index (χ3n) is 3.04. The van der Waals surface area contributed by atoms with Gasteiger partial charge in [-0.3, -0.25) is 4.79 Å². The number of hydrogen-bond donors (Lipinski definition) is 0. The fraction of sp³-hybridized carbons (Fsp3) is 0.125. The summed E-state index contributed by atoms with van der Waals surface area (Å²) in [6, 6.07) is 14.4. The second-order valence-corrected chi connectivity index (χ2v) is 6.06. The molecule has 2 rings (SSSR count). The number of carbonyl (C=O) groups excluding carboxylic acids is 1. The Morgan fingerprint density at radius 2 is 1.95 bits per heavy atom. The smallest absolute Gasteiger partial charge is 0.188 e. The lowest BCUT2D eigenvalue weighted by atomic mass is 9.91. The second kappa shape index (κ2) is 6.88. The quantitative estimate of drug-likeness (QED) is 0.688. The molecule has 0 spiro atoms. The van der Waals surface area contributed by atoms with E-state index in [1.807, 2.05) is 12.1 Å². The van der Waals surface area contributed by atoms with E-state index in [2.05, 4.69) is 37.9 Å². The van der Waals surface area contributed by atoms with E-state index in [0.29, 0.717) is 16.9 Å². The van der Waals surface area contributed by atoms with E-state index in [9.17, 15) is 10.1 Å². The summed E-state index contributed by atoms with van der Waals surface area (Å²) in [5, 5.41) is 9.41. The molecule has 0 aromatic heterocycles. The van der Waals surface area contributed by atoms with Crippen molar-refractivity contribution in [3.63, 3.8) is 0 Å². The lowest BCUT2D eigenvalue weighted by Gasteiger charge is -2.13. The zero-order valence-electron chi connectivity index (χ0n) is 11.1. The van der Waals surface area contributed by atoms with Crippen molar-refractivity contribution in [2.75, 3.05) is 7.11 Å². The number of rotatable bonds is 4. The summed E-state index contributed by atoms with van der Waals surface area (Å²) in [4.78, 5) is 12.7. The number of benzene rings is 2. The monoisotopic (exact) mass is 407 g/mol. The summed E-state index contributed by atoms with van der Waals surface area (Å²) in [5.74, 6) is -0.717. The maximum atomic E-state index is 12.7. The molecule has 0 fully saturated rings. The molecule has 0 bridgehead atoms. The van der Waals surface area contributed by atoms with Gasteiger partial charge in [0.15, 0.2) is 5.78 Å². The third kappa shape index (κ3) is 3.34. The molecule has 0 amide bonds. The molecule has 0 aliphatic carbocycles. The summed E-state index contributed by atoms with van der Waals surface area (Å²) in [5.41, 5.74) is 1.04. The number of ether oxygens (including phenoxy) is 1. The molecule has 106 valence electrons. The Labute approximate surface area is 139 Å². The number of halogens is 2. The van der Waals surface area contributed by atoms with Crippen LogP contribution in [0.25, 0.3) is 0 Å². The van der Waals surface area contributed by atoms with Crippen LogP contribution >= 0.6 is 31.9 Å². The Morgan fingerprint density at radius 3 is 2.57 bits per heavy atom. The van der Waals surface area contributed by atoms with Crippen LogP contribution in [0.1, 0.15) is 21.8 Å². The van der Waals surface area contributed by atoms with E-state index < -0.39 is 5.92 Å². The second-order valence-electron chi connectivity index (χ2n) is 4.29. The lowest BCUT2D eigenvalue weighted by molar-refractivity contribution is 0.0975. The van der Waals surface area contributed by atoms with Gasteiger partial charge < -0.3 is 4.74 Å². The van der Waals surface area contributed by atoms with Crippen molar-refractivity contribution in [1.29, 1.82) is 5.26 Å². The first-order chi connectivity index (χ1) is 10.1. The van der Waals surface area contributed by atoms with Gasteiger partial charge in [0.2, 0.25) is 0 Å². The molecule has 2 aromatic rings. The molecule has 0 saturated carbocycles. The third-order valence-corrected chi connectivity index (χ3v) is 4.25. The summed E-state index contributed by atoms with van der Waals surface area (Å²) in [7, 11) is 1.50. The predicted molar refractivity (Wildman–Crippen MR) is 87.5 cm³/mol. The highest BCUT2D eigenvalue weighted by Gasteiger charge is 2.26. The van der Waals surface area contributed by atoms with Gasteiger partial charge in [0.05, 0.1) is 18.7 Å². The van der Waals surface area contributed by atoms with Gasteiger partial charge in [-0.1, -0.05) is 50.1 Å². The van der Waals surface area contributed by atoms with E-state index in [1.54, 1.807) is 30.3 Å². The van der Waals surface area contributed by atoms with Crippen molar-refractivity contribution >= 4 is 37.6 Å². The van der Waals surface area contributed by atoms with Crippen LogP contribution in [0.3, 0.4) is 0 Å². The highest BCUT2D eigenvalue weighted by atomic mass is 79.9. The minimum absolute atomic E-state index is 0.284. The zero-order valence-corrected chi connectivity index (χ0v) is 14.3. The van der Waals surface area contributed by atoms with Crippen LogP contribution in [0.4, 0.5) is 0 Å². The Bertz CT molecular complexity index is 722. The number of ketones is 1. The Hall–Kier alpha value is -1.64. The first-order valence-corrected chi connectivity index (χ1v) is 7.69. The van der Waals surface area contributed by atoms with Gasteiger partial charge in [0.1, 0.15) is 11.7 Å². The normalized spacial score (nSPS) is 11.5. The molecule has 0 heterocycles. The van der Waals surface area contributed by atoms with Gasteiger partial charge >= 0.3 is 0 Å². The van der Waals surface area contributed by atoms with Crippen LogP contribution in [-0.4, -0.2) is 12.9 Å². The lowest BCUT2D eigenvalue weighted by Crippen LogP contribution is -2.13. The van der Waals surface area contributed by atoms with Gasteiger partial charge in [0, 0.05) is 8.95 Å². The van der Waals surface area contributed by atoms with E-state index in [-0.39, 0.29) is 5.78 Å². The number of carbonyl (C=O) groups is 1. The molecule has 1 unspecified atom stereocenters. The standard InChI is InChI=1S/C16H11Br2NO2/c1-21-15-8-10(17)6-7-12(15)16(20)13(9-19)11-4-2-3-5-14(11)18/h2-8,13H,1H3. The number of hydrogen-bond acceptors (Lipinski definition) is 3. The summed E-state index contributed by atoms with van der Waals surface area (Å²) >= 11 is 6.72. The number of nitriles is 1. The average molecular weight is 409 g/mol. The van der Waals surface area contributed by atoms with Crippen LogP contribution in [-0.2, 0) is 0 Å². The molecule has 0 saturated heterocycles. The predicted octanol–water partition coefficient (Wildman–Crippen LogP) is 4.71. The van der Waals surface area contributed by atoms with Gasteiger partial charge in [-0.15, -0.1) is 0 Å². The minimum atomic E-state index is -0.879. The Kier molecular flexibility index (Phi) is 5.16. The highest BCUT2D eigenvalue weighted by molar-refractivity contribution is 9.10. The van der Waals surface area contributed by atoms with Gasteiger partial charge in [-0.05, 0) is 29.8 Å². The number of nitrogens with zero attached hydrogens (tertiary/aromatic N) is 1. The first-order valence-electron chi connectivity index (χ1n) is 6.10. The molecule has 0 aliphatic rings. The van der Waals surface area contributed by atoms with E-state index in [4.69, 9.17) is 4.74 Å². The fourth-order valence-corrected chi connectivity index (χ4v) is 2.86. The molecule has 0 radical (unpaired) electrons. The molecule has 0 aliphatic heterocycles. The maximum Gasteiger partial charge on any atom is 0.188 e. The molecule has 0 N–H and O–H groups in total. The first kappa shape index (κ1) is 15.7. The van der Waals surface area contributed by atoms with Crippen molar-refractivity contribution in [3.8, 4) is 11.8 Å². The molecule has 5 heteroatoms. The molecule has 2 aromatic carbocycles. The maximum absolute atomic E-state index is 12.7. The average Bonchev–Trinajstić information content (AvgIpc) is 2.49. The molecule has 1 atom stereocenters. The summed E-state index contributed by atoms with van der Waals surface area (Å²) in [6.45, 7) is 0. The van der Waals surface area contributed by atoms with Gasteiger partial charge in [0.25, 0.3) is 0 Å². The Morgan fingerprint density at radius 1 is 1.24 bits per heavy atom. The molecule has 3 nitrogen and oxygen atoms in total. The summed E-state index contributed by atoms with van der Waals surface area (Å²) in [6.07, 6.45) is 0. The van der Waals surface area contributed by atoms with Crippen LogP contribution in [0.5, 0.6) is 5.75 Å². The van der Waals surface area contributed by atoms with Crippen molar-refractivity contribution in [2.24, 2.45) is 0 Å². The largest absolute Gasteiger partial charge is 0.496 e. The van der Waals surface area contributed by atoms with Crippen LogP contribution < -0.4 is 4.74 Å². The SMILES string of the molecule is COc1cc(Br)ccc1C(=O)C(C#N)c1ccccc1Br. The molecular weight excluding hydrogens is 398 g/mol. The number of methoxy groups -OCH3 is 1. The number of Topliss-reactive ketones (excluding diaryl/α,β-unsaturated/α-hetero) is 1. The van der Waals surface area contributed by atoms with E-state index in [1.165, 1.54) is 7.11 Å². The molecular formula is C16H11Br2NO2. The van der Waals surface area contributed by atoms with Crippen LogP contribution in [0.2, 0.25) is 0 Å². The van der Waals surface area contributed by atoms with Crippen LogP contribution in [0.15, 0.2) is 51.4 Å². The van der Waals surface area contributed by atoms with Gasteiger partial charge in [-0.2, -0.15) is 5.26 Å². The van der Waals surface area contributed by atoms with Crippen molar-refractivity contribution < 1.29 is 9.53 Å². The summed E-state index contributed by atoms with van der Waals surface area (Å²) < 4.78 is 6.78. The van der Waals surface area contributed by atoms with Gasteiger partial charge in [-0.25, -0.2) is 0 Å². The highest BCUT2D eigenvalue weighted by Crippen LogP contribution is 2.31. The van der Waals surface area contributed by atoms with Crippen molar-refractivity contribution in [1.82, 2.24) is 0 Å². The van der Waals surface area contributed by atoms with Crippen molar-refractivity contribution in [3.05, 3.63) is 62.5 Å². The Balaban J connectivity index is 2.48. The van der Waals surface area contributed by atoms with Crippen molar-refractivity contribution in [2.45, 2.75) is 5.92 Å². The molecule has 21 heavy (non-hydrogen) atoms. The fourth-order valence-electron chi connectivity index (χ4n) is 2.00.